The minimum Gasteiger partial charge on any atom is -0.465 e. The number of hydrogen-bond donors (Lipinski definition) is 0. The molecule has 0 fully saturated rings. The Morgan fingerprint density at radius 2 is 2.60 bits per heavy atom. The van der Waals surface area contributed by atoms with Crippen LogP contribution in [0.25, 0.3) is 10.4 Å². The first kappa shape index (κ1) is 11.1. The lowest BCUT2D eigenvalue weighted by atomic mass is 10.4. The molecule has 0 saturated carbocycles. The van der Waals surface area contributed by atoms with Crippen molar-refractivity contribution in [2.45, 2.75) is 20.0 Å². The van der Waals surface area contributed by atoms with Gasteiger partial charge >= 0.3 is 5.97 Å². The summed E-state index contributed by atoms with van der Waals surface area (Å²) in [4.78, 5) is 13.7. The smallest absolute Gasteiger partial charge is 0.327 e. The van der Waals surface area contributed by atoms with Crippen molar-refractivity contribution in [1.29, 1.82) is 0 Å². The van der Waals surface area contributed by atoms with Crippen molar-refractivity contribution in [2.75, 3.05) is 6.61 Å². The van der Waals surface area contributed by atoms with Crippen LogP contribution in [0.3, 0.4) is 0 Å². The Bertz CT molecular complexity index is 380. The normalized spacial score (nSPS) is 9.40. The molecule has 0 aromatic carbocycles. The summed E-state index contributed by atoms with van der Waals surface area (Å²) in [5, 5.41) is 7.38. The van der Waals surface area contributed by atoms with E-state index >= 15 is 0 Å². The van der Waals surface area contributed by atoms with Crippen LogP contribution in [-0.4, -0.2) is 22.4 Å². The lowest BCUT2D eigenvalue weighted by Gasteiger charge is -2.00. The highest BCUT2D eigenvalue weighted by molar-refractivity contribution is 5.68. The molecule has 7 nitrogen and oxygen atoms in total. The van der Waals surface area contributed by atoms with Crippen molar-refractivity contribution in [2.24, 2.45) is 5.11 Å². The van der Waals surface area contributed by atoms with E-state index in [9.17, 15) is 4.79 Å². The quantitative estimate of drug-likeness (QED) is 0.316. The molecular formula is C8H11N5O2. The predicted octanol–water partition coefficient (Wildman–Crippen LogP) is 1.26. The van der Waals surface area contributed by atoms with E-state index in [0.29, 0.717) is 12.3 Å². The number of hydrogen-bond acceptors (Lipinski definition) is 4. The highest BCUT2D eigenvalue weighted by atomic mass is 16.5. The van der Waals surface area contributed by atoms with Crippen LogP contribution in [-0.2, 0) is 22.6 Å². The van der Waals surface area contributed by atoms with Crippen molar-refractivity contribution >= 4 is 5.97 Å². The van der Waals surface area contributed by atoms with Gasteiger partial charge in [-0.3, -0.25) is 9.48 Å². The fourth-order valence-electron chi connectivity index (χ4n) is 1.02. The molecule has 7 heteroatoms. The summed E-state index contributed by atoms with van der Waals surface area (Å²) < 4.78 is 6.20. The zero-order chi connectivity index (χ0) is 11.1. The number of carbonyl (C=O) groups is 1. The molecule has 0 aliphatic carbocycles. The van der Waals surface area contributed by atoms with Crippen molar-refractivity contribution in [1.82, 2.24) is 9.78 Å². The lowest BCUT2D eigenvalue weighted by Crippen LogP contribution is -2.13. The van der Waals surface area contributed by atoms with Gasteiger partial charge in [0.2, 0.25) is 0 Å². The number of azide groups is 1. The van der Waals surface area contributed by atoms with Gasteiger partial charge in [-0.15, -0.1) is 0 Å². The van der Waals surface area contributed by atoms with E-state index in [2.05, 4.69) is 15.1 Å². The van der Waals surface area contributed by atoms with Crippen molar-refractivity contribution < 1.29 is 9.53 Å². The fourth-order valence-corrected chi connectivity index (χ4v) is 1.02. The van der Waals surface area contributed by atoms with Gasteiger partial charge in [0.05, 0.1) is 18.8 Å². The standard InChI is InChI=1S/C8H11N5O2/c1-2-15-8(14)6-13-4-3-7(11-13)5-10-12-9/h3-4H,2,5-6H2,1H3. The molecule has 1 heterocycles. The van der Waals surface area contributed by atoms with Gasteiger partial charge in [-0.25, -0.2) is 0 Å². The van der Waals surface area contributed by atoms with Gasteiger partial charge in [-0.2, -0.15) is 5.10 Å². The molecule has 0 bridgehead atoms. The second-order valence-corrected chi connectivity index (χ2v) is 2.70. The minimum atomic E-state index is -0.337. The summed E-state index contributed by atoms with van der Waals surface area (Å²) in [6.07, 6.45) is 1.64. The minimum absolute atomic E-state index is 0.0735. The fraction of sp³-hybridized carbons (Fsp3) is 0.500. The Morgan fingerprint density at radius 1 is 1.80 bits per heavy atom. The van der Waals surface area contributed by atoms with Crippen LogP contribution < -0.4 is 0 Å². The maximum atomic E-state index is 11.1. The summed E-state index contributed by atoms with van der Waals surface area (Å²) in [6, 6.07) is 1.69. The molecule has 15 heavy (non-hydrogen) atoms. The lowest BCUT2D eigenvalue weighted by molar-refractivity contribution is -0.144. The van der Waals surface area contributed by atoms with Crippen molar-refractivity contribution in [3.8, 4) is 0 Å². The Hall–Kier alpha value is -2.01. The van der Waals surface area contributed by atoms with E-state index in [1.807, 2.05) is 0 Å². The van der Waals surface area contributed by atoms with Crippen molar-refractivity contribution in [3.05, 3.63) is 28.4 Å². The zero-order valence-corrected chi connectivity index (χ0v) is 8.33. The SMILES string of the molecule is CCOC(=O)Cn1ccc(CN=[N+]=[N-])n1. The van der Waals surface area contributed by atoms with E-state index < -0.39 is 0 Å². The Balaban J connectivity index is 2.52. The maximum Gasteiger partial charge on any atom is 0.327 e. The van der Waals surface area contributed by atoms with Crippen LogP contribution in [0.4, 0.5) is 0 Å². The molecule has 0 saturated heterocycles. The monoisotopic (exact) mass is 209 g/mol. The van der Waals surface area contributed by atoms with Gasteiger partial charge in [-0.05, 0) is 18.5 Å². The van der Waals surface area contributed by atoms with E-state index in [0.717, 1.165) is 0 Å². The van der Waals surface area contributed by atoms with E-state index in [4.69, 9.17) is 10.3 Å². The second kappa shape index (κ2) is 5.66. The number of nitrogens with zero attached hydrogens (tertiary/aromatic N) is 5. The van der Waals surface area contributed by atoms with Crippen LogP contribution in [0.5, 0.6) is 0 Å². The molecule has 1 aromatic heterocycles. The summed E-state index contributed by atoms with van der Waals surface area (Å²) >= 11 is 0. The first-order chi connectivity index (χ1) is 7.26. The van der Waals surface area contributed by atoms with E-state index in [1.54, 1.807) is 19.2 Å². The van der Waals surface area contributed by atoms with Gasteiger partial charge in [0.1, 0.15) is 6.54 Å². The second-order valence-electron chi connectivity index (χ2n) is 2.70. The maximum absolute atomic E-state index is 11.1. The third-order valence-electron chi connectivity index (χ3n) is 1.59. The van der Waals surface area contributed by atoms with Crippen LogP contribution >= 0.6 is 0 Å². The van der Waals surface area contributed by atoms with Crippen LogP contribution in [0.1, 0.15) is 12.6 Å². The Morgan fingerprint density at radius 3 is 3.27 bits per heavy atom. The van der Waals surface area contributed by atoms with Crippen LogP contribution in [0.2, 0.25) is 0 Å². The molecule has 1 aromatic rings. The van der Waals surface area contributed by atoms with Crippen LogP contribution in [0.15, 0.2) is 17.4 Å². The first-order valence-electron chi connectivity index (χ1n) is 4.45. The molecule has 1 rings (SSSR count). The molecule has 0 atom stereocenters. The highest BCUT2D eigenvalue weighted by Crippen LogP contribution is 1.98. The third kappa shape index (κ3) is 3.70. The molecule has 0 aliphatic rings. The number of aromatic nitrogens is 2. The summed E-state index contributed by atoms with van der Waals surface area (Å²) in [5.74, 6) is -0.337. The molecule has 0 unspecified atom stereocenters. The number of esters is 1. The van der Waals surface area contributed by atoms with E-state index in [1.165, 1.54) is 4.68 Å². The average molecular weight is 209 g/mol. The topological polar surface area (TPSA) is 92.9 Å². The first-order valence-corrected chi connectivity index (χ1v) is 4.45. The summed E-state index contributed by atoms with van der Waals surface area (Å²) in [5.41, 5.74) is 8.72. The molecular weight excluding hydrogens is 198 g/mol. The van der Waals surface area contributed by atoms with Crippen molar-refractivity contribution in [3.63, 3.8) is 0 Å². The van der Waals surface area contributed by atoms with Gasteiger partial charge in [-0.1, -0.05) is 5.11 Å². The Labute approximate surface area is 86.3 Å². The number of carbonyl (C=O) groups excluding carboxylic acids is 1. The third-order valence-corrected chi connectivity index (χ3v) is 1.59. The average Bonchev–Trinajstić information content (AvgIpc) is 2.63. The molecule has 80 valence electrons. The van der Waals surface area contributed by atoms with Gasteiger partial charge in [0.15, 0.2) is 0 Å². The van der Waals surface area contributed by atoms with Gasteiger partial charge < -0.3 is 4.74 Å². The molecule has 0 amide bonds. The molecule has 0 radical (unpaired) electrons. The predicted molar refractivity (Wildman–Crippen MR) is 51.7 cm³/mol. The summed E-state index contributed by atoms with van der Waals surface area (Å²) in [6.45, 7) is 2.36. The number of rotatable bonds is 5. The van der Waals surface area contributed by atoms with E-state index in [-0.39, 0.29) is 19.1 Å². The highest BCUT2D eigenvalue weighted by Gasteiger charge is 2.04. The number of ether oxygens (including phenoxy) is 1. The molecule has 0 N–H and O–H groups in total. The summed E-state index contributed by atoms with van der Waals surface area (Å²) in [7, 11) is 0. The van der Waals surface area contributed by atoms with Gasteiger partial charge in [0, 0.05) is 11.1 Å². The zero-order valence-electron chi connectivity index (χ0n) is 8.33. The molecule has 0 spiro atoms. The van der Waals surface area contributed by atoms with Crippen LogP contribution in [0, 0.1) is 0 Å². The Kier molecular flexibility index (Phi) is 4.18. The molecule has 0 aliphatic heterocycles. The van der Waals surface area contributed by atoms with Gasteiger partial charge in [0.25, 0.3) is 0 Å². The largest absolute Gasteiger partial charge is 0.465 e.